The molecular weight excluding hydrogens is 498 g/mol. The number of carbonyl (C=O) groups is 3. The van der Waals surface area contributed by atoms with Crippen LogP contribution in [0, 0.1) is 0 Å². The zero-order valence-corrected chi connectivity index (χ0v) is 20.7. The van der Waals surface area contributed by atoms with Gasteiger partial charge in [-0.1, -0.05) is 40.2 Å². The largest absolute Gasteiger partial charge is 0.357 e. The lowest BCUT2D eigenvalue weighted by Crippen LogP contribution is -2.50. The summed E-state index contributed by atoms with van der Waals surface area (Å²) >= 11 is 3.36. The van der Waals surface area contributed by atoms with Crippen molar-refractivity contribution in [3.63, 3.8) is 0 Å². The van der Waals surface area contributed by atoms with Gasteiger partial charge in [0, 0.05) is 23.6 Å². The minimum atomic E-state index is -3.85. The van der Waals surface area contributed by atoms with Crippen LogP contribution in [0.4, 0.5) is 5.69 Å². The first-order valence-electron chi connectivity index (χ1n) is 9.78. The van der Waals surface area contributed by atoms with Gasteiger partial charge in [0.2, 0.25) is 21.8 Å². The van der Waals surface area contributed by atoms with E-state index in [1.807, 2.05) is 24.3 Å². The highest BCUT2D eigenvalue weighted by molar-refractivity contribution is 9.10. The highest BCUT2D eigenvalue weighted by Gasteiger charge is 2.29. The number of Topliss-reactive ketones (excluding diaryl/α,β-unsaturated/α-hetero) is 1. The van der Waals surface area contributed by atoms with E-state index in [2.05, 4.69) is 21.2 Å². The fourth-order valence-corrected chi connectivity index (χ4v) is 4.18. The Morgan fingerprint density at radius 2 is 1.72 bits per heavy atom. The van der Waals surface area contributed by atoms with Crippen LogP contribution in [0.5, 0.6) is 0 Å². The van der Waals surface area contributed by atoms with E-state index in [1.54, 1.807) is 19.1 Å². The van der Waals surface area contributed by atoms with E-state index in [9.17, 15) is 22.8 Å². The van der Waals surface area contributed by atoms with E-state index < -0.39 is 28.5 Å². The SMILES string of the molecule is CNC(=O)[C@@H](C)N(Cc1ccc(Br)cc1)C(=O)CN(c1cccc(C(C)=O)c1)S(C)(=O)=O. The number of rotatable bonds is 9. The van der Waals surface area contributed by atoms with Gasteiger partial charge in [0.15, 0.2) is 5.78 Å². The molecule has 32 heavy (non-hydrogen) atoms. The molecule has 0 radical (unpaired) electrons. The third-order valence-corrected chi connectivity index (χ3v) is 6.57. The van der Waals surface area contributed by atoms with E-state index in [0.717, 1.165) is 20.6 Å². The van der Waals surface area contributed by atoms with Crippen LogP contribution in [-0.4, -0.2) is 56.8 Å². The van der Waals surface area contributed by atoms with Gasteiger partial charge in [-0.15, -0.1) is 0 Å². The van der Waals surface area contributed by atoms with Crippen molar-refractivity contribution in [3.8, 4) is 0 Å². The predicted octanol–water partition coefficient (Wildman–Crippen LogP) is 2.58. The molecule has 2 amide bonds. The molecule has 8 nitrogen and oxygen atoms in total. The van der Waals surface area contributed by atoms with Gasteiger partial charge in [-0.25, -0.2) is 8.42 Å². The number of nitrogens with zero attached hydrogens (tertiary/aromatic N) is 2. The molecule has 0 fully saturated rings. The Morgan fingerprint density at radius 3 is 2.25 bits per heavy atom. The Morgan fingerprint density at radius 1 is 1.09 bits per heavy atom. The van der Waals surface area contributed by atoms with Crippen molar-refractivity contribution >= 4 is 49.2 Å². The standard InChI is InChI=1S/C22H26BrN3O5S/c1-15(22(29)24-3)25(13-17-8-10-19(23)11-9-17)21(28)14-26(32(4,30)31)20-7-5-6-18(12-20)16(2)27/h5-12,15H,13-14H2,1-4H3,(H,24,29)/t15-/m1/s1. The minimum Gasteiger partial charge on any atom is -0.357 e. The zero-order chi connectivity index (χ0) is 24.1. The number of carbonyl (C=O) groups excluding carboxylic acids is 3. The second-order valence-electron chi connectivity index (χ2n) is 7.31. The number of benzene rings is 2. The van der Waals surface area contributed by atoms with Gasteiger partial charge in [-0.05, 0) is 43.7 Å². The van der Waals surface area contributed by atoms with Crippen LogP contribution in [-0.2, 0) is 26.2 Å². The van der Waals surface area contributed by atoms with Gasteiger partial charge in [0.25, 0.3) is 0 Å². The molecule has 0 aromatic heterocycles. The highest BCUT2D eigenvalue weighted by atomic mass is 79.9. The average Bonchev–Trinajstić information content (AvgIpc) is 2.75. The number of hydrogen-bond acceptors (Lipinski definition) is 5. The maximum absolute atomic E-state index is 13.3. The maximum Gasteiger partial charge on any atom is 0.244 e. The number of sulfonamides is 1. The van der Waals surface area contributed by atoms with Crippen LogP contribution >= 0.6 is 15.9 Å². The lowest BCUT2D eigenvalue weighted by molar-refractivity contribution is -0.139. The molecule has 0 unspecified atom stereocenters. The Bertz CT molecular complexity index is 1100. The van der Waals surface area contributed by atoms with Crippen LogP contribution in [0.2, 0.25) is 0 Å². The Kier molecular flexibility index (Phi) is 8.57. The zero-order valence-electron chi connectivity index (χ0n) is 18.3. The van der Waals surface area contributed by atoms with Crippen molar-refractivity contribution in [3.05, 3.63) is 64.1 Å². The molecule has 2 aromatic carbocycles. The summed E-state index contributed by atoms with van der Waals surface area (Å²) in [6.07, 6.45) is 0.988. The van der Waals surface area contributed by atoms with E-state index >= 15 is 0 Å². The van der Waals surface area contributed by atoms with Crippen molar-refractivity contribution in [2.45, 2.75) is 26.4 Å². The number of amides is 2. The van der Waals surface area contributed by atoms with Crippen molar-refractivity contribution < 1.29 is 22.8 Å². The number of likely N-dealkylation sites (N-methyl/N-ethyl adjacent to an activating group) is 1. The first-order valence-corrected chi connectivity index (χ1v) is 12.4. The third-order valence-electron chi connectivity index (χ3n) is 4.90. The van der Waals surface area contributed by atoms with E-state index in [0.29, 0.717) is 5.56 Å². The number of hydrogen-bond donors (Lipinski definition) is 1. The lowest BCUT2D eigenvalue weighted by atomic mass is 10.1. The van der Waals surface area contributed by atoms with Crippen LogP contribution < -0.4 is 9.62 Å². The van der Waals surface area contributed by atoms with E-state index in [-0.39, 0.29) is 23.9 Å². The van der Waals surface area contributed by atoms with Gasteiger partial charge in [-0.2, -0.15) is 0 Å². The third kappa shape index (κ3) is 6.64. The van der Waals surface area contributed by atoms with Gasteiger partial charge in [0.05, 0.1) is 11.9 Å². The van der Waals surface area contributed by atoms with Crippen LogP contribution in [0.1, 0.15) is 29.8 Å². The second-order valence-corrected chi connectivity index (χ2v) is 10.1. The second kappa shape index (κ2) is 10.7. The van der Waals surface area contributed by atoms with E-state index in [4.69, 9.17) is 0 Å². The summed E-state index contributed by atoms with van der Waals surface area (Å²) in [5.74, 6) is -1.15. The normalized spacial score (nSPS) is 12.0. The summed E-state index contributed by atoms with van der Waals surface area (Å²) in [4.78, 5) is 38.6. The summed E-state index contributed by atoms with van der Waals surface area (Å²) in [6, 6.07) is 12.5. The van der Waals surface area contributed by atoms with Gasteiger partial charge >= 0.3 is 0 Å². The topological polar surface area (TPSA) is 104 Å². The number of halogens is 1. The van der Waals surface area contributed by atoms with Gasteiger partial charge in [-0.3, -0.25) is 18.7 Å². The van der Waals surface area contributed by atoms with Gasteiger partial charge in [0.1, 0.15) is 12.6 Å². The lowest BCUT2D eigenvalue weighted by Gasteiger charge is -2.31. The average molecular weight is 524 g/mol. The Hall–Kier alpha value is -2.72. The van der Waals surface area contributed by atoms with Crippen molar-refractivity contribution in [2.75, 3.05) is 24.2 Å². The molecule has 1 N–H and O–H groups in total. The van der Waals surface area contributed by atoms with Crippen LogP contribution in [0.15, 0.2) is 53.0 Å². The fraction of sp³-hybridized carbons (Fsp3) is 0.318. The molecular formula is C22H26BrN3O5S. The van der Waals surface area contributed by atoms with Crippen LogP contribution in [0.25, 0.3) is 0 Å². The summed E-state index contributed by atoms with van der Waals surface area (Å²) in [6.45, 7) is 2.56. The minimum absolute atomic E-state index is 0.117. The highest BCUT2D eigenvalue weighted by Crippen LogP contribution is 2.21. The molecule has 0 aliphatic heterocycles. The monoisotopic (exact) mass is 523 g/mol. The first kappa shape index (κ1) is 25.5. The molecule has 0 spiro atoms. The molecule has 0 aliphatic carbocycles. The molecule has 0 heterocycles. The van der Waals surface area contributed by atoms with Crippen molar-refractivity contribution in [1.29, 1.82) is 0 Å². The molecule has 172 valence electrons. The molecule has 2 aromatic rings. The number of ketones is 1. The quantitative estimate of drug-likeness (QED) is 0.508. The van der Waals surface area contributed by atoms with Crippen molar-refractivity contribution in [2.24, 2.45) is 0 Å². The number of nitrogens with one attached hydrogen (secondary N) is 1. The maximum atomic E-state index is 13.3. The summed E-state index contributed by atoms with van der Waals surface area (Å²) in [5.41, 5.74) is 1.31. The van der Waals surface area contributed by atoms with E-state index in [1.165, 1.54) is 31.0 Å². The molecule has 0 aliphatic rings. The fourth-order valence-electron chi connectivity index (χ4n) is 3.07. The van der Waals surface area contributed by atoms with Gasteiger partial charge < -0.3 is 10.2 Å². The molecule has 0 bridgehead atoms. The first-order chi connectivity index (χ1) is 14.9. The molecule has 1 atom stereocenters. The predicted molar refractivity (Wildman–Crippen MR) is 127 cm³/mol. The Balaban J connectivity index is 2.41. The van der Waals surface area contributed by atoms with Crippen molar-refractivity contribution in [1.82, 2.24) is 10.2 Å². The molecule has 0 saturated carbocycles. The smallest absolute Gasteiger partial charge is 0.244 e. The molecule has 0 saturated heterocycles. The summed E-state index contributed by atoms with van der Waals surface area (Å²) in [7, 11) is -2.38. The Labute approximate surface area is 196 Å². The summed E-state index contributed by atoms with van der Waals surface area (Å²) < 4.78 is 26.8. The molecule has 10 heteroatoms. The number of anilines is 1. The van der Waals surface area contributed by atoms with Crippen LogP contribution in [0.3, 0.4) is 0 Å². The summed E-state index contributed by atoms with van der Waals surface area (Å²) in [5, 5.41) is 2.52. The molecule has 2 rings (SSSR count).